The molecule has 28 heavy (non-hydrogen) atoms. The summed E-state index contributed by atoms with van der Waals surface area (Å²) in [5.41, 5.74) is 0.772. The highest BCUT2D eigenvalue weighted by atomic mass is 16.5. The molecule has 3 heterocycles. The molecule has 0 unspecified atom stereocenters. The number of hydrogen-bond donors (Lipinski definition) is 1. The van der Waals surface area contributed by atoms with Crippen molar-refractivity contribution in [2.24, 2.45) is 5.92 Å². The van der Waals surface area contributed by atoms with Crippen LogP contribution in [0.1, 0.15) is 34.1 Å². The zero-order valence-electron chi connectivity index (χ0n) is 15.8. The number of nitrogens with zero attached hydrogens (tertiary/aromatic N) is 2. The maximum atomic E-state index is 13.6. The molecule has 1 aliphatic carbocycles. The first-order valence-electron chi connectivity index (χ1n) is 9.43. The quantitative estimate of drug-likeness (QED) is 0.793. The van der Waals surface area contributed by atoms with Gasteiger partial charge in [-0.25, -0.2) is 0 Å². The van der Waals surface area contributed by atoms with Crippen LogP contribution < -0.4 is 4.74 Å². The van der Waals surface area contributed by atoms with Crippen LogP contribution >= 0.6 is 0 Å². The SMILES string of the molecule is CN(C)[C@@H]1c2onc(OCc3ccccc3)c2C(=O)[C@@]23O[C@@H](C=C2CO)C[C@@H]13. The Labute approximate surface area is 162 Å². The van der Waals surface area contributed by atoms with Crippen molar-refractivity contribution in [3.8, 4) is 5.88 Å². The van der Waals surface area contributed by atoms with Crippen LogP contribution in [0.2, 0.25) is 0 Å². The molecule has 0 radical (unpaired) electrons. The maximum absolute atomic E-state index is 13.6. The Morgan fingerprint density at radius 2 is 2.11 bits per heavy atom. The van der Waals surface area contributed by atoms with E-state index in [9.17, 15) is 9.90 Å². The van der Waals surface area contributed by atoms with Crippen LogP contribution in [0.15, 0.2) is 46.5 Å². The lowest BCUT2D eigenvalue weighted by Gasteiger charge is -2.42. The Hall–Kier alpha value is -2.48. The molecule has 1 fully saturated rings. The number of aromatic nitrogens is 1. The lowest BCUT2D eigenvalue weighted by Crippen LogP contribution is -2.53. The standard InChI is InChI=1S/C21H22N2O5/c1-23(2)17-15-9-14-8-13(10-24)21(15,27-14)19(25)16-18(17)28-22-20(16)26-11-12-6-4-3-5-7-12/h3-8,14-15,17,24H,9-11H2,1-2H3/t14-,15-,17-,21+/m0/s1. The molecule has 3 aliphatic rings. The van der Waals surface area contributed by atoms with Crippen LogP contribution in [-0.4, -0.2) is 53.4 Å². The molecule has 1 saturated heterocycles. The van der Waals surface area contributed by atoms with Crippen LogP contribution in [0.5, 0.6) is 5.88 Å². The molecular weight excluding hydrogens is 360 g/mol. The first kappa shape index (κ1) is 17.6. The van der Waals surface area contributed by atoms with Gasteiger partial charge in [0, 0.05) is 5.92 Å². The van der Waals surface area contributed by atoms with Crippen LogP contribution in [0, 0.1) is 5.92 Å². The molecule has 1 N–H and O–H groups in total. The number of benzene rings is 1. The second-order valence-electron chi connectivity index (χ2n) is 7.82. The van der Waals surface area contributed by atoms with Gasteiger partial charge in [-0.1, -0.05) is 36.4 Å². The van der Waals surface area contributed by atoms with E-state index in [2.05, 4.69) is 5.16 Å². The van der Waals surface area contributed by atoms with Crippen molar-refractivity contribution in [2.75, 3.05) is 20.7 Å². The van der Waals surface area contributed by atoms with Crippen molar-refractivity contribution in [2.45, 2.75) is 30.8 Å². The molecule has 146 valence electrons. The van der Waals surface area contributed by atoms with Gasteiger partial charge in [-0.2, -0.15) is 0 Å². The Bertz CT molecular complexity index is 951. The summed E-state index contributed by atoms with van der Waals surface area (Å²) in [6.45, 7) is 0.0715. The largest absolute Gasteiger partial charge is 0.470 e. The number of aliphatic hydroxyl groups excluding tert-OH is 1. The number of aliphatic hydroxyl groups is 1. The molecule has 5 rings (SSSR count). The van der Waals surface area contributed by atoms with E-state index in [1.165, 1.54) is 0 Å². The summed E-state index contributed by atoms with van der Waals surface area (Å²) in [6.07, 6.45) is 2.42. The first-order chi connectivity index (χ1) is 13.6. The fourth-order valence-electron chi connectivity index (χ4n) is 4.93. The van der Waals surface area contributed by atoms with Crippen LogP contribution in [-0.2, 0) is 11.3 Å². The summed E-state index contributed by atoms with van der Waals surface area (Å²) in [5.74, 6) is 0.340. The number of fused-ring (bicyclic) bond motifs is 2. The van der Waals surface area contributed by atoms with Gasteiger partial charge in [0.1, 0.15) is 12.2 Å². The van der Waals surface area contributed by atoms with E-state index in [4.69, 9.17) is 14.0 Å². The van der Waals surface area contributed by atoms with Gasteiger partial charge in [0.25, 0.3) is 5.88 Å². The van der Waals surface area contributed by atoms with Crippen molar-refractivity contribution in [3.63, 3.8) is 0 Å². The minimum Gasteiger partial charge on any atom is -0.470 e. The lowest BCUT2D eigenvalue weighted by molar-refractivity contribution is -0.0140. The maximum Gasteiger partial charge on any atom is 0.265 e. The molecular formula is C21H22N2O5. The predicted octanol–water partition coefficient (Wildman–Crippen LogP) is 2.13. The zero-order chi connectivity index (χ0) is 19.5. The first-order valence-corrected chi connectivity index (χ1v) is 9.43. The average Bonchev–Trinajstić information content (AvgIpc) is 3.38. The number of ketones is 1. The van der Waals surface area contributed by atoms with Gasteiger partial charge in [-0.15, -0.1) is 0 Å². The van der Waals surface area contributed by atoms with Gasteiger partial charge in [0.15, 0.2) is 11.4 Å². The monoisotopic (exact) mass is 382 g/mol. The van der Waals surface area contributed by atoms with E-state index >= 15 is 0 Å². The topological polar surface area (TPSA) is 85.0 Å². The summed E-state index contributed by atoms with van der Waals surface area (Å²) in [5, 5.41) is 14.0. The van der Waals surface area contributed by atoms with E-state index in [-0.39, 0.29) is 42.9 Å². The smallest absolute Gasteiger partial charge is 0.265 e. The average molecular weight is 382 g/mol. The van der Waals surface area contributed by atoms with Crippen LogP contribution in [0.25, 0.3) is 0 Å². The van der Waals surface area contributed by atoms with Gasteiger partial charge < -0.3 is 19.1 Å². The van der Waals surface area contributed by atoms with E-state index < -0.39 is 5.60 Å². The number of Topliss-reactive ketones (excluding diaryl/α,β-unsaturated/α-hetero) is 1. The molecule has 1 aromatic heterocycles. The predicted molar refractivity (Wildman–Crippen MR) is 98.9 cm³/mol. The van der Waals surface area contributed by atoms with Gasteiger partial charge >= 0.3 is 0 Å². The molecule has 2 bridgehead atoms. The Morgan fingerprint density at radius 3 is 2.82 bits per heavy atom. The third-order valence-electron chi connectivity index (χ3n) is 6.06. The van der Waals surface area contributed by atoms with Crippen molar-refractivity contribution < 1.29 is 23.9 Å². The van der Waals surface area contributed by atoms with E-state index in [1.807, 2.05) is 55.4 Å². The summed E-state index contributed by atoms with van der Waals surface area (Å²) in [6, 6.07) is 9.49. The Balaban J connectivity index is 1.57. The number of carbonyl (C=O) groups is 1. The lowest BCUT2D eigenvalue weighted by atomic mass is 9.65. The van der Waals surface area contributed by atoms with E-state index in [0.717, 1.165) is 5.56 Å². The van der Waals surface area contributed by atoms with E-state index in [1.54, 1.807) is 0 Å². The minimum absolute atomic E-state index is 0.130. The molecule has 0 amide bonds. The van der Waals surface area contributed by atoms with E-state index in [0.29, 0.717) is 23.3 Å². The zero-order valence-corrected chi connectivity index (χ0v) is 15.8. The van der Waals surface area contributed by atoms with Crippen LogP contribution in [0.3, 0.4) is 0 Å². The number of ether oxygens (including phenoxy) is 2. The Morgan fingerprint density at radius 1 is 1.32 bits per heavy atom. The highest BCUT2D eigenvalue weighted by molar-refractivity contribution is 6.09. The van der Waals surface area contributed by atoms with Crippen molar-refractivity contribution in [1.82, 2.24) is 10.1 Å². The van der Waals surface area contributed by atoms with Crippen molar-refractivity contribution in [3.05, 3.63) is 58.9 Å². The van der Waals surface area contributed by atoms with Crippen molar-refractivity contribution in [1.29, 1.82) is 0 Å². The third-order valence-corrected chi connectivity index (χ3v) is 6.06. The fraction of sp³-hybridized carbons (Fsp3) is 0.429. The molecule has 7 heteroatoms. The van der Waals surface area contributed by atoms with Gasteiger partial charge in [-0.3, -0.25) is 9.69 Å². The number of rotatable bonds is 5. The number of hydrogen-bond acceptors (Lipinski definition) is 7. The molecule has 2 aliphatic heterocycles. The molecule has 2 aromatic rings. The highest BCUT2D eigenvalue weighted by Gasteiger charge is 2.67. The minimum atomic E-state index is -1.15. The Kier molecular flexibility index (Phi) is 3.94. The molecule has 4 atom stereocenters. The van der Waals surface area contributed by atoms with Crippen LogP contribution in [0.4, 0.5) is 0 Å². The second-order valence-corrected chi connectivity index (χ2v) is 7.82. The van der Waals surface area contributed by atoms with Crippen molar-refractivity contribution >= 4 is 5.78 Å². The summed E-state index contributed by atoms with van der Waals surface area (Å²) in [4.78, 5) is 15.6. The molecule has 0 saturated carbocycles. The molecule has 7 nitrogen and oxygen atoms in total. The normalized spacial score (nSPS) is 30.4. The molecule has 1 spiro atoms. The van der Waals surface area contributed by atoms with Gasteiger partial charge in [-0.05, 0) is 36.8 Å². The summed E-state index contributed by atoms with van der Waals surface area (Å²) >= 11 is 0. The summed E-state index contributed by atoms with van der Waals surface area (Å²) < 4.78 is 17.6. The highest BCUT2D eigenvalue weighted by Crippen LogP contribution is 2.59. The molecule has 1 aromatic carbocycles. The van der Waals surface area contributed by atoms with Gasteiger partial charge in [0.2, 0.25) is 5.78 Å². The number of carbonyl (C=O) groups excluding carboxylic acids is 1. The second kappa shape index (κ2) is 6.27. The van der Waals surface area contributed by atoms with Gasteiger partial charge in [0.05, 0.1) is 18.8 Å². The third kappa shape index (κ3) is 2.27. The fourth-order valence-corrected chi connectivity index (χ4v) is 4.93. The summed E-state index contributed by atoms with van der Waals surface area (Å²) in [7, 11) is 3.89.